The average Bonchev–Trinajstić information content (AvgIpc) is 1.88. The molecule has 0 saturated carbocycles. The molecular weight excluding hydrogens is 281 g/mol. The van der Waals surface area contributed by atoms with Crippen LogP contribution in [0.5, 0.6) is 0 Å². The summed E-state index contributed by atoms with van der Waals surface area (Å²) in [6.45, 7) is 7.00. The minimum atomic E-state index is -4.64. The molecule has 0 spiro atoms. The SMILES string of the molecule is C#N.C#N.O=P(O)(O)O.O=P(O)(O)O.[KH]. The van der Waals surface area contributed by atoms with Gasteiger partial charge in [-0.2, -0.15) is 0 Å². The molecule has 0 saturated heterocycles. The van der Waals surface area contributed by atoms with Crippen molar-refractivity contribution < 1.29 is 38.5 Å². The van der Waals surface area contributed by atoms with Crippen LogP contribution in [0.2, 0.25) is 0 Å². The minimum absolute atomic E-state index is 0. The molecule has 0 atom stereocenters. The number of hydrogen-bond acceptors (Lipinski definition) is 4. The molecule has 0 aliphatic heterocycles. The second-order valence-electron chi connectivity index (χ2n) is 1.03. The molecule has 15 heavy (non-hydrogen) atoms. The van der Waals surface area contributed by atoms with Crippen molar-refractivity contribution in [1.29, 1.82) is 10.5 Å². The first-order valence-corrected chi connectivity index (χ1v) is 5.21. The van der Waals surface area contributed by atoms with Gasteiger partial charge in [-0.15, -0.1) is 0 Å². The predicted octanol–water partition coefficient (Wildman–Crippen LogP) is -2.23. The first kappa shape index (κ1) is 29.7. The van der Waals surface area contributed by atoms with E-state index in [9.17, 15) is 0 Å². The summed E-state index contributed by atoms with van der Waals surface area (Å²) < 4.78 is 17.8. The van der Waals surface area contributed by atoms with Gasteiger partial charge in [-0.25, -0.2) is 19.7 Å². The van der Waals surface area contributed by atoms with E-state index >= 15 is 0 Å². The van der Waals surface area contributed by atoms with Crippen LogP contribution in [0, 0.1) is 23.7 Å². The fourth-order valence-electron chi connectivity index (χ4n) is 0. The maximum absolute atomic E-state index is 8.88. The molecule has 0 amide bonds. The first-order chi connectivity index (χ1) is 6.00. The predicted molar refractivity (Wildman–Crippen MR) is 49.0 cm³/mol. The summed E-state index contributed by atoms with van der Waals surface area (Å²) in [5, 5.41) is 13.0. The van der Waals surface area contributed by atoms with Crippen LogP contribution in [0.15, 0.2) is 0 Å². The molecule has 0 fully saturated rings. The van der Waals surface area contributed by atoms with E-state index in [4.69, 9.17) is 49.0 Å². The Morgan fingerprint density at radius 3 is 0.667 bits per heavy atom. The fourth-order valence-corrected chi connectivity index (χ4v) is 0. The first-order valence-electron chi connectivity index (χ1n) is 2.08. The quantitative estimate of drug-likeness (QED) is 0.209. The summed E-state index contributed by atoms with van der Waals surface area (Å²) in [6, 6.07) is 0. The van der Waals surface area contributed by atoms with E-state index < -0.39 is 15.6 Å². The van der Waals surface area contributed by atoms with Crippen LogP contribution in [-0.2, 0) is 9.13 Å². The zero-order valence-corrected chi connectivity index (χ0v) is 8.23. The van der Waals surface area contributed by atoms with Gasteiger partial charge < -0.3 is 29.4 Å². The Bertz CT molecular complexity index is 197. The third kappa shape index (κ3) is 3490. The van der Waals surface area contributed by atoms with Crippen LogP contribution >= 0.6 is 15.6 Å². The summed E-state index contributed by atoms with van der Waals surface area (Å²) >= 11 is 0. The Morgan fingerprint density at radius 1 is 0.667 bits per heavy atom. The van der Waals surface area contributed by atoms with E-state index in [0.29, 0.717) is 0 Å². The fraction of sp³-hybridized carbons (Fsp3) is 0. The van der Waals surface area contributed by atoms with Crippen molar-refractivity contribution in [3.63, 3.8) is 0 Å². The van der Waals surface area contributed by atoms with Gasteiger partial charge in [0.25, 0.3) is 0 Å². The van der Waals surface area contributed by atoms with E-state index in [-0.39, 0.29) is 51.4 Å². The van der Waals surface area contributed by atoms with E-state index in [2.05, 4.69) is 13.1 Å². The van der Waals surface area contributed by atoms with E-state index in [1.54, 1.807) is 0 Å². The van der Waals surface area contributed by atoms with Crippen LogP contribution < -0.4 is 0 Å². The summed E-state index contributed by atoms with van der Waals surface area (Å²) in [4.78, 5) is 43.1. The molecule has 0 aromatic heterocycles. The number of hydrogen-bond donors (Lipinski definition) is 6. The van der Waals surface area contributed by atoms with Gasteiger partial charge in [0, 0.05) is 13.1 Å². The van der Waals surface area contributed by atoms with Crippen molar-refractivity contribution >= 4 is 67.0 Å². The molecule has 0 aromatic rings. The molecule has 13 heteroatoms. The third-order valence-corrected chi connectivity index (χ3v) is 0. The zero-order chi connectivity index (χ0) is 13.0. The Morgan fingerprint density at radius 2 is 0.667 bits per heavy atom. The topological polar surface area (TPSA) is 203 Å². The van der Waals surface area contributed by atoms with Gasteiger partial charge in [-0.1, -0.05) is 0 Å². The summed E-state index contributed by atoms with van der Waals surface area (Å²) in [5.41, 5.74) is 0. The molecule has 86 valence electrons. The maximum atomic E-state index is 8.88. The Hall–Kier alpha value is 0.836. The second kappa shape index (κ2) is 17.2. The van der Waals surface area contributed by atoms with Gasteiger partial charge in [-0.05, 0) is 0 Å². The van der Waals surface area contributed by atoms with Crippen molar-refractivity contribution in [3.05, 3.63) is 0 Å². The average molecular weight is 290 g/mol. The summed E-state index contributed by atoms with van der Waals surface area (Å²) in [6.07, 6.45) is 0. The summed E-state index contributed by atoms with van der Waals surface area (Å²) in [5.74, 6) is 0. The molecule has 0 radical (unpaired) electrons. The molecular formula is C2H9KN2O8P2. The zero-order valence-electron chi connectivity index (χ0n) is 6.44. The molecule has 0 aromatic carbocycles. The van der Waals surface area contributed by atoms with Crippen LogP contribution in [0.3, 0.4) is 0 Å². The molecule has 0 unspecified atom stereocenters. The van der Waals surface area contributed by atoms with Gasteiger partial charge in [0.1, 0.15) is 0 Å². The van der Waals surface area contributed by atoms with E-state index in [0.717, 1.165) is 0 Å². The Balaban J connectivity index is -0.0000000318. The van der Waals surface area contributed by atoms with Crippen LogP contribution in [0.1, 0.15) is 0 Å². The van der Waals surface area contributed by atoms with Crippen molar-refractivity contribution in [2.24, 2.45) is 0 Å². The standard InChI is InChI=1S/2CHN.K.2H3O4P.H/c2*1-2;;2*1-5(2,3)4;/h2*1H;;2*(H3,1,2,3,4);. The number of phosphoric acid groups is 2. The van der Waals surface area contributed by atoms with Gasteiger partial charge in [-0.3, -0.25) is 0 Å². The van der Waals surface area contributed by atoms with E-state index in [1.807, 2.05) is 0 Å². The van der Waals surface area contributed by atoms with Crippen molar-refractivity contribution in [3.8, 4) is 13.1 Å². The van der Waals surface area contributed by atoms with Crippen molar-refractivity contribution in [1.82, 2.24) is 0 Å². The molecule has 0 bridgehead atoms. The van der Waals surface area contributed by atoms with Gasteiger partial charge in [0.15, 0.2) is 0 Å². The molecule has 0 heterocycles. The number of nitrogens with zero attached hydrogens (tertiary/aromatic N) is 2. The van der Waals surface area contributed by atoms with Gasteiger partial charge in [0.05, 0.1) is 0 Å². The van der Waals surface area contributed by atoms with Crippen molar-refractivity contribution in [2.45, 2.75) is 0 Å². The van der Waals surface area contributed by atoms with Crippen LogP contribution in [-0.4, -0.2) is 80.7 Å². The van der Waals surface area contributed by atoms with Crippen LogP contribution in [0.25, 0.3) is 0 Å². The number of rotatable bonds is 0. The Labute approximate surface area is 128 Å². The van der Waals surface area contributed by atoms with Crippen LogP contribution in [0.4, 0.5) is 0 Å². The molecule has 0 aliphatic carbocycles. The van der Waals surface area contributed by atoms with E-state index in [1.165, 1.54) is 0 Å². The monoisotopic (exact) mass is 290 g/mol. The molecule has 0 rings (SSSR count). The van der Waals surface area contributed by atoms with Crippen molar-refractivity contribution in [2.75, 3.05) is 0 Å². The second-order valence-corrected chi connectivity index (χ2v) is 3.08. The third-order valence-electron chi connectivity index (χ3n) is 0. The normalized spacial score (nSPS) is 8.13. The summed E-state index contributed by atoms with van der Waals surface area (Å²) in [7, 11) is -9.28. The molecule has 0 aliphatic rings. The number of nitriles is 2. The molecule has 6 N–H and O–H groups in total. The Kier molecular flexibility index (Phi) is 34.1. The van der Waals surface area contributed by atoms with Gasteiger partial charge >= 0.3 is 67.0 Å². The molecule has 10 nitrogen and oxygen atoms in total. The van der Waals surface area contributed by atoms with Gasteiger partial charge in [0.2, 0.25) is 0 Å².